The van der Waals surface area contributed by atoms with E-state index in [1.54, 1.807) is 0 Å². The van der Waals surface area contributed by atoms with Gasteiger partial charge >= 0.3 is 12.1 Å². The molecule has 1 aliphatic carbocycles. The molecule has 2 rings (SSSR count). The van der Waals surface area contributed by atoms with E-state index in [1.807, 2.05) is 13.8 Å². The van der Waals surface area contributed by atoms with Crippen molar-refractivity contribution in [1.29, 1.82) is 0 Å². The number of amides is 1. The van der Waals surface area contributed by atoms with Gasteiger partial charge in [-0.25, -0.2) is 9.59 Å². The minimum absolute atomic E-state index is 0.119. The molecule has 1 aliphatic heterocycles. The summed E-state index contributed by atoms with van der Waals surface area (Å²) < 4.78 is 10.1. The topological polar surface area (TPSA) is 55.8 Å². The van der Waals surface area contributed by atoms with E-state index >= 15 is 0 Å². The molecule has 2 aliphatic rings. The first-order valence-electron chi connectivity index (χ1n) is 6.82. The molecule has 5 heteroatoms. The summed E-state index contributed by atoms with van der Waals surface area (Å²) in [5.74, 6) is 0.531. The Morgan fingerprint density at radius 3 is 2.53 bits per heavy atom. The van der Waals surface area contributed by atoms with Gasteiger partial charge in [0.15, 0.2) is 0 Å². The Bertz CT molecular complexity index is 391. The molecule has 1 amide bonds. The third-order valence-corrected chi connectivity index (χ3v) is 4.43. The SMILES string of the molecule is COC(=O)C1C2C(CN1C(=O)OCC(C)C)C2(C)C. The summed E-state index contributed by atoms with van der Waals surface area (Å²) in [7, 11) is 1.36. The fourth-order valence-corrected chi connectivity index (χ4v) is 3.19. The van der Waals surface area contributed by atoms with Gasteiger partial charge in [-0.05, 0) is 17.3 Å². The molecule has 0 aromatic rings. The standard InChI is InChI=1S/C14H23NO4/c1-8(2)7-19-13(17)15-6-9-10(14(9,3)4)11(15)12(16)18-5/h8-11H,6-7H2,1-5H3. The second-order valence-electron chi connectivity index (χ2n) is 6.54. The number of piperidine rings is 1. The number of rotatable bonds is 3. The number of hydrogen-bond acceptors (Lipinski definition) is 4. The van der Waals surface area contributed by atoms with Crippen LogP contribution in [0.4, 0.5) is 4.79 Å². The van der Waals surface area contributed by atoms with Crippen LogP contribution in [0, 0.1) is 23.2 Å². The Balaban J connectivity index is 2.05. The van der Waals surface area contributed by atoms with Crippen LogP contribution >= 0.6 is 0 Å². The van der Waals surface area contributed by atoms with Crippen molar-refractivity contribution in [2.75, 3.05) is 20.3 Å². The molecule has 3 atom stereocenters. The van der Waals surface area contributed by atoms with Gasteiger partial charge in [-0.3, -0.25) is 4.90 Å². The zero-order chi connectivity index (χ0) is 14.4. The van der Waals surface area contributed by atoms with Crippen molar-refractivity contribution in [3.05, 3.63) is 0 Å². The molecule has 1 saturated carbocycles. The Morgan fingerprint density at radius 2 is 2.00 bits per heavy atom. The van der Waals surface area contributed by atoms with Crippen LogP contribution in [0.2, 0.25) is 0 Å². The number of carbonyl (C=O) groups excluding carboxylic acids is 2. The van der Waals surface area contributed by atoms with Gasteiger partial charge in [0.1, 0.15) is 6.04 Å². The zero-order valence-electron chi connectivity index (χ0n) is 12.3. The Labute approximate surface area is 114 Å². The highest BCUT2D eigenvalue weighted by Crippen LogP contribution is 2.65. The maximum absolute atomic E-state index is 12.1. The van der Waals surface area contributed by atoms with Crippen LogP contribution in [0.3, 0.4) is 0 Å². The van der Waals surface area contributed by atoms with E-state index in [2.05, 4.69) is 13.8 Å². The van der Waals surface area contributed by atoms with E-state index < -0.39 is 12.1 Å². The molecule has 1 heterocycles. The van der Waals surface area contributed by atoms with Gasteiger partial charge in [-0.2, -0.15) is 0 Å². The molecule has 0 N–H and O–H groups in total. The Morgan fingerprint density at radius 1 is 1.37 bits per heavy atom. The van der Waals surface area contributed by atoms with Crippen LogP contribution in [0.1, 0.15) is 27.7 Å². The molecule has 0 radical (unpaired) electrons. The first-order chi connectivity index (χ1) is 8.80. The third kappa shape index (κ3) is 2.30. The summed E-state index contributed by atoms with van der Waals surface area (Å²) >= 11 is 0. The van der Waals surface area contributed by atoms with Crippen molar-refractivity contribution >= 4 is 12.1 Å². The lowest BCUT2D eigenvalue weighted by Crippen LogP contribution is -2.46. The highest BCUT2D eigenvalue weighted by atomic mass is 16.6. The van der Waals surface area contributed by atoms with E-state index in [-0.39, 0.29) is 23.2 Å². The minimum Gasteiger partial charge on any atom is -0.467 e. The molecule has 19 heavy (non-hydrogen) atoms. The van der Waals surface area contributed by atoms with Crippen molar-refractivity contribution < 1.29 is 19.1 Å². The smallest absolute Gasteiger partial charge is 0.410 e. The summed E-state index contributed by atoms with van der Waals surface area (Å²) in [6.45, 7) is 9.20. The number of ether oxygens (including phenoxy) is 2. The molecule has 0 aromatic heterocycles. The predicted molar refractivity (Wildman–Crippen MR) is 69.5 cm³/mol. The van der Waals surface area contributed by atoms with Crippen LogP contribution < -0.4 is 0 Å². The normalized spacial score (nSPS) is 31.1. The molecule has 1 saturated heterocycles. The zero-order valence-corrected chi connectivity index (χ0v) is 12.3. The van der Waals surface area contributed by atoms with Gasteiger partial charge in [0, 0.05) is 12.5 Å². The molecule has 2 fully saturated rings. The van der Waals surface area contributed by atoms with Crippen molar-refractivity contribution in [3.8, 4) is 0 Å². The fraction of sp³-hybridized carbons (Fsp3) is 0.857. The number of likely N-dealkylation sites (tertiary alicyclic amines) is 1. The maximum atomic E-state index is 12.1. The largest absolute Gasteiger partial charge is 0.467 e. The highest BCUT2D eigenvalue weighted by Gasteiger charge is 2.70. The van der Waals surface area contributed by atoms with Crippen LogP contribution in [-0.4, -0.2) is 43.3 Å². The number of carbonyl (C=O) groups is 2. The van der Waals surface area contributed by atoms with Crippen molar-refractivity contribution in [2.24, 2.45) is 23.2 Å². The molecule has 0 aromatic carbocycles. The average Bonchev–Trinajstić information content (AvgIpc) is 2.75. The summed E-state index contributed by atoms with van der Waals surface area (Å²) in [6.07, 6.45) is -0.396. The number of hydrogen-bond donors (Lipinski definition) is 0. The number of nitrogens with zero attached hydrogens (tertiary/aromatic N) is 1. The van der Waals surface area contributed by atoms with Gasteiger partial charge in [0.25, 0.3) is 0 Å². The van der Waals surface area contributed by atoms with E-state index in [0.717, 1.165) is 0 Å². The predicted octanol–water partition coefficient (Wildman–Crippen LogP) is 1.91. The lowest BCUT2D eigenvalue weighted by Gasteiger charge is -2.28. The van der Waals surface area contributed by atoms with Crippen LogP contribution in [0.25, 0.3) is 0 Å². The Kier molecular flexibility index (Phi) is 3.49. The number of methoxy groups -OCH3 is 1. The van der Waals surface area contributed by atoms with Gasteiger partial charge in [0.2, 0.25) is 0 Å². The monoisotopic (exact) mass is 269 g/mol. The quantitative estimate of drug-likeness (QED) is 0.734. The third-order valence-electron chi connectivity index (χ3n) is 4.43. The van der Waals surface area contributed by atoms with Crippen LogP contribution in [0.5, 0.6) is 0 Å². The van der Waals surface area contributed by atoms with E-state index in [1.165, 1.54) is 12.0 Å². The summed E-state index contributed by atoms with van der Waals surface area (Å²) in [4.78, 5) is 25.5. The van der Waals surface area contributed by atoms with Crippen molar-refractivity contribution in [1.82, 2.24) is 4.90 Å². The number of fused-ring (bicyclic) bond motifs is 1. The molecular weight excluding hydrogens is 246 g/mol. The molecule has 0 spiro atoms. The molecular formula is C14H23NO4. The van der Waals surface area contributed by atoms with E-state index in [0.29, 0.717) is 19.1 Å². The van der Waals surface area contributed by atoms with Gasteiger partial charge in [-0.1, -0.05) is 27.7 Å². The molecule has 108 valence electrons. The lowest BCUT2D eigenvalue weighted by atomic mass is 10.0. The fourth-order valence-electron chi connectivity index (χ4n) is 3.19. The van der Waals surface area contributed by atoms with E-state index in [9.17, 15) is 9.59 Å². The molecule has 0 bridgehead atoms. The second kappa shape index (κ2) is 4.69. The second-order valence-corrected chi connectivity index (χ2v) is 6.54. The average molecular weight is 269 g/mol. The highest BCUT2D eigenvalue weighted by molar-refractivity contribution is 5.83. The molecule has 5 nitrogen and oxygen atoms in total. The number of esters is 1. The van der Waals surface area contributed by atoms with Crippen LogP contribution in [-0.2, 0) is 14.3 Å². The van der Waals surface area contributed by atoms with Crippen molar-refractivity contribution in [2.45, 2.75) is 33.7 Å². The summed E-state index contributed by atoms with van der Waals surface area (Å²) in [5, 5.41) is 0. The minimum atomic E-state index is -0.482. The Hall–Kier alpha value is -1.26. The van der Waals surface area contributed by atoms with Crippen molar-refractivity contribution in [3.63, 3.8) is 0 Å². The molecule has 3 unspecified atom stereocenters. The van der Waals surface area contributed by atoms with Gasteiger partial charge < -0.3 is 9.47 Å². The summed E-state index contributed by atoms with van der Waals surface area (Å²) in [5.41, 5.74) is 0.119. The first-order valence-corrected chi connectivity index (χ1v) is 6.82. The van der Waals surface area contributed by atoms with Gasteiger partial charge in [0.05, 0.1) is 13.7 Å². The van der Waals surface area contributed by atoms with Crippen LogP contribution in [0.15, 0.2) is 0 Å². The van der Waals surface area contributed by atoms with Gasteiger partial charge in [-0.15, -0.1) is 0 Å². The lowest BCUT2D eigenvalue weighted by molar-refractivity contribution is -0.146. The first kappa shape index (κ1) is 14.2. The maximum Gasteiger partial charge on any atom is 0.410 e. The summed E-state index contributed by atoms with van der Waals surface area (Å²) in [6, 6.07) is -0.482. The van der Waals surface area contributed by atoms with E-state index in [4.69, 9.17) is 9.47 Å².